The van der Waals surface area contributed by atoms with Crippen LogP contribution in [-0.2, 0) is 9.84 Å². The Morgan fingerprint density at radius 2 is 1.47 bits per heavy atom. The summed E-state index contributed by atoms with van der Waals surface area (Å²) in [6.45, 7) is 0. The molecule has 0 aliphatic carbocycles. The van der Waals surface area contributed by atoms with Crippen molar-refractivity contribution in [3.05, 3.63) is 30.3 Å². The first-order valence-corrected chi connectivity index (χ1v) is 6.72. The SMILES string of the molecule is Nc1cc(N)cc(S(=O)(=O)c2ccc(N)nc2N)c1. The van der Waals surface area contributed by atoms with E-state index in [1.54, 1.807) is 0 Å². The highest BCUT2D eigenvalue weighted by Gasteiger charge is 2.22. The van der Waals surface area contributed by atoms with Gasteiger partial charge in [0.25, 0.3) is 0 Å². The summed E-state index contributed by atoms with van der Waals surface area (Å²) in [5.41, 5.74) is 22.7. The lowest BCUT2D eigenvalue weighted by Gasteiger charge is -2.09. The fourth-order valence-corrected chi connectivity index (χ4v) is 3.04. The number of benzene rings is 1. The van der Waals surface area contributed by atoms with Crippen molar-refractivity contribution in [3.8, 4) is 0 Å². The minimum absolute atomic E-state index is 0.0386. The molecule has 0 radical (unpaired) electrons. The van der Waals surface area contributed by atoms with Crippen LogP contribution in [0.15, 0.2) is 40.1 Å². The molecule has 7 nitrogen and oxygen atoms in total. The van der Waals surface area contributed by atoms with E-state index in [1.165, 1.54) is 30.3 Å². The number of pyridine rings is 1. The molecule has 1 heterocycles. The van der Waals surface area contributed by atoms with Crippen molar-refractivity contribution in [2.75, 3.05) is 22.9 Å². The summed E-state index contributed by atoms with van der Waals surface area (Å²) in [5.74, 6) is -0.0236. The second-order valence-corrected chi connectivity index (χ2v) is 5.88. The van der Waals surface area contributed by atoms with Crippen molar-refractivity contribution in [2.24, 2.45) is 0 Å². The number of anilines is 4. The van der Waals surface area contributed by atoms with Crippen LogP contribution in [-0.4, -0.2) is 13.4 Å². The minimum Gasteiger partial charge on any atom is -0.399 e. The number of aromatic nitrogens is 1. The number of rotatable bonds is 2. The van der Waals surface area contributed by atoms with Gasteiger partial charge in [-0.05, 0) is 30.3 Å². The van der Waals surface area contributed by atoms with Gasteiger partial charge in [0.2, 0.25) is 9.84 Å². The lowest BCUT2D eigenvalue weighted by molar-refractivity contribution is 0.596. The van der Waals surface area contributed by atoms with Gasteiger partial charge in [0.05, 0.1) is 4.90 Å². The van der Waals surface area contributed by atoms with E-state index in [2.05, 4.69) is 4.98 Å². The molecule has 1 aromatic carbocycles. The van der Waals surface area contributed by atoms with Crippen LogP contribution in [0, 0.1) is 0 Å². The summed E-state index contributed by atoms with van der Waals surface area (Å²) in [7, 11) is -3.83. The second kappa shape index (κ2) is 4.32. The third-order valence-corrected chi connectivity index (χ3v) is 4.24. The van der Waals surface area contributed by atoms with E-state index in [4.69, 9.17) is 22.9 Å². The van der Waals surface area contributed by atoms with Crippen LogP contribution in [0.1, 0.15) is 0 Å². The summed E-state index contributed by atoms with van der Waals surface area (Å²) in [4.78, 5) is 3.55. The summed E-state index contributed by atoms with van der Waals surface area (Å²) in [6.07, 6.45) is 0. The minimum atomic E-state index is -3.83. The maximum absolute atomic E-state index is 12.4. The lowest BCUT2D eigenvalue weighted by atomic mass is 10.3. The number of nitrogens with zero attached hydrogens (tertiary/aromatic N) is 1. The van der Waals surface area contributed by atoms with Crippen LogP contribution in [0.4, 0.5) is 23.0 Å². The van der Waals surface area contributed by atoms with Crippen LogP contribution >= 0.6 is 0 Å². The van der Waals surface area contributed by atoms with Crippen molar-refractivity contribution in [2.45, 2.75) is 9.79 Å². The van der Waals surface area contributed by atoms with Crippen molar-refractivity contribution in [3.63, 3.8) is 0 Å². The fraction of sp³-hybridized carbons (Fsp3) is 0. The van der Waals surface area contributed by atoms with Gasteiger partial charge in [-0.15, -0.1) is 0 Å². The molecule has 19 heavy (non-hydrogen) atoms. The molecule has 0 saturated carbocycles. The molecular formula is C11H13N5O2S. The zero-order valence-corrected chi connectivity index (χ0v) is 10.7. The molecule has 0 fully saturated rings. The molecule has 0 amide bonds. The van der Waals surface area contributed by atoms with E-state index in [-0.39, 0.29) is 32.8 Å². The second-order valence-electron chi connectivity index (χ2n) is 3.96. The van der Waals surface area contributed by atoms with Gasteiger partial charge in [-0.1, -0.05) is 0 Å². The van der Waals surface area contributed by atoms with Crippen LogP contribution in [0.5, 0.6) is 0 Å². The van der Waals surface area contributed by atoms with E-state index < -0.39 is 9.84 Å². The predicted molar refractivity (Wildman–Crippen MR) is 73.8 cm³/mol. The first-order valence-electron chi connectivity index (χ1n) is 5.24. The van der Waals surface area contributed by atoms with Gasteiger partial charge >= 0.3 is 0 Å². The number of nitrogens with two attached hydrogens (primary N) is 4. The standard InChI is InChI=1S/C11H13N5O2S/c12-6-3-7(13)5-8(4-6)19(17,18)9-1-2-10(14)16-11(9)15/h1-5H,12-13H2,(H4,14,15,16). The van der Waals surface area contributed by atoms with E-state index >= 15 is 0 Å². The highest BCUT2D eigenvalue weighted by molar-refractivity contribution is 7.91. The molecule has 0 atom stereocenters. The zero-order chi connectivity index (χ0) is 14.2. The number of hydrogen-bond acceptors (Lipinski definition) is 7. The van der Waals surface area contributed by atoms with E-state index in [0.717, 1.165) is 0 Å². The van der Waals surface area contributed by atoms with E-state index in [0.29, 0.717) is 0 Å². The number of nitrogen functional groups attached to an aromatic ring is 4. The first-order chi connectivity index (χ1) is 8.80. The van der Waals surface area contributed by atoms with Gasteiger partial charge in [0, 0.05) is 11.4 Å². The predicted octanol–water partition coefficient (Wildman–Crippen LogP) is 0.243. The van der Waals surface area contributed by atoms with Crippen LogP contribution < -0.4 is 22.9 Å². The monoisotopic (exact) mass is 279 g/mol. The largest absolute Gasteiger partial charge is 0.399 e. The smallest absolute Gasteiger partial charge is 0.210 e. The molecule has 0 aliphatic rings. The van der Waals surface area contributed by atoms with Crippen molar-refractivity contribution >= 4 is 32.8 Å². The number of hydrogen-bond donors (Lipinski definition) is 4. The maximum atomic E-state index is 12.4. The quantitative estimate of drug-likeness (QED) is 0.575. The van der Waals surface area contributed by atoms with Gasteiger partial charge in [-0.25, -0.2) is 13.4 Å². The topological polar surface area (TPSA) is 151 Å². The Labute approximate surface area is 110 Å². The van der Waals surface area contributed by atoms with Crippen molar-refractivity contribution in [1.82, 2.24) is 4.98 Å². The maximum Gasteiger partial charge on any atom is 0.210 e. The molecule has 0 unspecified atom stereocenters. The average Bonchev–Trinajstić information content (AvgIpc) is 2.26. The molecule has 8 heteroatoms. The Kier molecular flexibility index (Phi) is 2.95. The van der Waals surface area contributed by atoms with Crippen molar-refractivity contribution in [1.29, 1.82) is 0 Å². The Hall–Kier alpha value is -2.48. The van der Waals surface area contributed by atoms with Crippen molar-refractivity contribution < 1.29 is 8.42 Å². The molecule has 0 bridgehead atoms. The molecule has 0 aliphatic heterocycles. The summed E-state index contributed by atoms with van der Waals surface area (Å²) in [6, 6.07) is 6.73. The third kappa shape index (κ3) is 2.38. The van der Waals surface area contributed by atoms with Crippen LogP contribution in [0.2, 0.25) is 0 Å². The average molecular weight is 279 g/mol. The van der Waals surface area contributed by atoms with Crippen LogP contribution in [0.25, 0.3) is 0 Å². The van der Waals surface area contributed by atoms with Gasteiger partial charge in [-0.3, -0.25) is 0 Å². The zero-order valence-electron chi connectivity index (χ0n) is 9.87. The number of sulfone groups is 1. The Morgan fingerprint density at radius 1 is 0.895 bits per heavy atom. The molecule has 2 rings (SSSR count). The summed E-state index contributed by atoms with van der Waals surface area (Å²) >= 11 is 0. The molecule has 100 valence electrons. The van der Waals surface area contributed by atoms with Gasteiger partial charge in [0.15, 0.2) is 0 Å². The Balaban J connectivity index is 2.65. The molecular weight excluding hydrogens is 266 g/mol. The highest BCUT2D eigenvalue weighted by atomic mass is 32.2. The highest BCUT2D eigenvalue weighted by Crippen LogP contribution is 2.28. The van der Waals surface area contributed by atoms with Gasteiger partial charge in [-0.2, -0.15) is 0 Å². The van der Waals surface area contributed by atoms with Gasteiger partial charge < -0.3 is 22.9 Å². The fourth-order valence-electron chi connectivity index (χ4n) is 1.63. The lowest BCUT2D eigenvalue weighted by Crippen LogP contribution is -2.09. The molecule has 8 N–H and O–H groups in total. The molecule has 0 saturated heterocycles. The van der Waals surface area contributed by atoms with E-state index in [1.807, 2.05) is 0 Å². The summed E-state index contributed by atoms with van der Waals surface area (Å²) in [5, 5.41) is 0. The Bertz CT molecular complexity index is 722. The molecule has 0 spiro atoms. The summed E-state index contributed by atoms with van der Waals surface area (Å²) < 4.78 is 24.8. The Morgan fingerprint density at radius 3 is 2.00 bits per heavy atom. The third-order valence-electron chi connectivity index (χ3n) is 2.46. The van der Waals surface area contributed by atoms with Gasteiger partial charge in [0.1, 0.15) is 16.5 Å². The normalized spacial score (nSPS) is 11.4. The van der Waals surface area contributed by atoms with E-state index in [9.17, 15) is 8.42 Å². The molecule has 2 aromatic rings. The van der Waals surface area contributed by atoms with Crippen LogP contribution in [0.3, 0.4) is 0 Å². The first kappa shape index (κ1) is 13.0. The molecule has 1 aromatic heterocycles.